The Balaban J connectivity index is 1.70. The van der Waals surface area contributed by atoms with E-state index in [2.05, 4.69) is 19.9 Å². The highest BCUT2D eigenvalue weighted by Crippen LogP contribution is 2.15. The summed E-state index contributed by atoms with van der Waals surface area (Å²) in [7, 11) is 0. The summed E-state index contributed by atoms with van der Waals surface area (Å²) < 4.78 is 5.66. The van der Waals surface area contributed by atoms with Gasteiger partial charge in [0.15, 0.2) is 0 Å². The van der Waals surface area contributed by atoms with Gasteiger partial charge in [0.1, 0.15) is 12.7 Å². The summed E-state index contributed by atoms with van der Waals surface area (Å²) in [5.41, 5.74) is 2.42. The van der Waals surface area contributed by atoms with Crippen LogP contribution in [0.1, 0.15) is 21.7 Å². The number of hydrogen-bond donors (Lipinski definition) is 0. The van der Waals surface area contributed by atoms with Crippen LogP contribution in [-0.2, 0) is 11.2 Å². The monoisotopic (exact) mass is 313 g/mol. The lowest BCUT2D eigenvalue weighted by atomic mass is 10.0. The van der Waals surface area contributed by atoms with Crippen LogP contribution < -0.4 is 0 Å². The lowest BCUT2D eigenvalue weighted by Gasteiger charge is -2.23. The molecule has 1 fully saturated rings. The molecule has 3 heterocycles. The summed E-state index contributed by atoms with van der Waals surface area (Å²) >= 11 is 0. The molecular weight excluding hydrogens is 294 g/mol. The van der Waals surface area contributed by atoms with Crippen molar-refractivity contribution < 1.29 is 9.53 Å². The number of amides is 1. The van der Waals surface area contributed by atoms with Crippen molar-refractivity contribution in [2.24, 2.45) is 5.92 Å². The van der Waals surface area contributed by atoms with E-state index in [1.807, 2.05) is 17.9 Å². The van der Waals surface area contributed by atoms with Gasteiger partial charge in [-0.3, -0.25) is 4.79 Å². The van der Waals surface area contributed by atoms with Crippen molar-refractivity contribution in [1.82, 2.24) is 24.8 Å². The van der Waals surface area contributed by atoms with Crippen molar-refractivity contribution in [1.29, 1.82) is 0 Å². The number of carbonyl (C=O) groups excluding carboxylic acids is 1. The number of nitrogens with zero attached hydrogens (tertiary/aromatic N) is 5. The molecule has 0 bridgehead atoms. The summed E-state index contributed by atoms with van der Waals surface area (Å²) in [5, 5.41) is 0. The Morgan fingerprint density at radius 3 is 2.91 bits per heavy atom. The minimum Gasteiger partial charge on any atom is -0.379 e. The lowest BCUT2D eigenvalue weighted by Crippen LogP contribution is -2.36. The third-order valence-corrected chi connectivity index (χ3v) is 3.79. The molecule has 1 aliphatic rings. The van der Waals surface area contributed by atoms with Crippen LogP contribution in [0, 0.1) is 12.8 Å². The summed E-state index contributed by atoms with van der Waals surface area (Å²) in [6.07, 6.45) is 6.85. The fourth-order valence-corrected chi connectivity index (χ4v) is 2.70. The van der Waals surface area contributed by atoms with Crippen molar-refractivity contribution in [2.45, 2.75) is 13.3 Å². The molecular formula is C16H19N5O2. The maximum Gasteiger partial charge on any atom is 0.257 e. The predicted molar refractivity (Wildman–Crippen MR) is 82.7 cm³/mol. The van der Waals surface area contributed by atoms with Crippen molar-refractivity contribution in [3.63, 3.8) is 0 Å². The van der Waals surface area contributed by atoms with E-state index < -0.39 is 0 Å². The first-order valence-corrected chi connectivity index (χ1v) is 7.62. The Morgan fingerprint density at radius 1 is 1.30 bits per heavy atom. The zero-order valence-corrected chi connectivity index (χ0v) is 13.1. The highest BCUT2D eigenvalue weighted by molar-refractivity contribution is 5.93. The molecule has 1 saturated heterocycles. The highest BCUT2D eigenvalue weighted by Gasteiger charge is 2.24. The van der Waals surface area contributed by atoms with Crippen molar-refractivity contribution >= 4 is 5.91 Å². The molecule has 2 aromatic heterocycles. The van der Waals surface area contributed by atoms with Crippen LogP contribution in [0.4, 0.5) is 0 Å². The van der Waals surface area contributed by atoms with Crippen LogP contribution in [0.15, 0.2) is 31.1 Å². The first-order chi connectivity index (χ1) is 11.2. The van der Waals surface area contributed by atoms with E-state index in [1.54, 1.807) is 18.7 Å². The Morgan fingerprint density at radius 2 is 2.13 bits per heavy atom. The van der Waals surface area contributed by atoms with Crippen LogP contribution >= 0.6 is 0 Å². The predicted octanol–water partition coefficient (Wildman–Crippen LogP) is 0.906. The topological polar surface area (TPSA) is 81.1 Å². The summed E-state index contributed by atoms with van der Waals surface area (Å²) in [5.74, 6) is 0.153. The summed E-state index contributed by atoms with van der Waals surface area (Å²) in [6, 6.07) is 1.97. The average molecular weight is 313 g/mol. The molecule has 3 rings (SSSR count). The number of aryl methyl sites for hydroxylation is 1. The lowest BCUT2D eigenvalue weighted by molar-refractivity contribution is 0.0736. The van der Waals surface area contributed by atoms with Crippen LogP contribution in [-0.4, -0.2) is 57.0 Å². The van der Waals surface area contributed by atoms with Crippen molar-refractivity contribution in [3.8, 4) is 0 Å². The molecule has 7 nitrogen and oxygen atoms in total. The normalized spacial score (nSPS) is 18.5. The molecule has 1 unspecified atom stereocenters. The molecule has 0 radical (unpaired) electrons. The van der Waals surface area contributed by atoms with E-state index in [4.69, 9.17) is 4.74 Å². The average Bonchev–Trinajstić information content (AvgIpc) is 2.80. The number of rotatable bonds is 3. The molecule has 120 valence electrons. The van der Waals surface area contributed by atoms with Gasteiger partial charge < -0.3 is 9.64 Å². The Bertz CT molecular complexity index is 665. The maximum atomic E-state index is 12.6. The highest BCUT2D eigenvalue weighted by atomic mass is 16.5. The number of ether oxygens (including phenoxy) is 1. The van der Waals surface area contributed by atoms with E-state index in [1.165, 1.54) is 6.33 Å². The Kier molecular flexibility index (Phi) is 4.87. The van der Waals surface area contributed by atoms with Gasteiger partial charge in [-0.15, -0.1) is 0 Å². The van der Waals surface area contributed by atoms with Crippen LogP contribution in [0.5, 0.6) is 0 Å². The second-order valence-corrected chi connectivity index (χ2v) is 5.67. The van der Waals surface area contributed by atoms with E-state index in [0.29, 0.717) is 31.9 Å². The van der Waals surface area contributed by atoms with Gasteiger partial charge in [-0.25, -0.2) is 19.9 Å². The maximum absolute atomic E-state index is 12.6. The minimum atomic E-state index is -0.0556. The van der Waals surface area contributed by atoms with Gasteiger partial charge in [-0.1, -0.05) is 0 Å². The molecule has 0 N–H and O–H groups in total. The molecule has 0 spiro atoms. The van der Waals surface area contributed by atoms with Gasteiger partial charge in [-0.2, -0.15) is 0 Å². The van der Waals surface area contributed by atoms with Crippen LogP contribution in [0.2, 0.25) is 0 Å². The molecule has 1 atom stereocenters. The molecule has 0 saturated carbocycles. The molecule has 1 aliphatic heterocycles. The second-order valence-electron chi connectivity index (χ2n) is 5.67. The van der Waals surface area contributed by atoms with E-state index in [0.717, 1.165) is 17.8 Å². The van der Waals surface area contributed by atoms with Gasteiger partial charge in [0.25, 0.3) is 5.91 Å². The van der Waals surface area contributed by atoms with E-state index >= 15 is 0 Å². The number of aromatic nitrogens is 4. The van der Waals surface area contributed by atoms with Crippen LogP contribution in [0.25, 0.3) is 0 Å². The number of carbonyl (C=O) groups is 1. The third kappa shape index (κ3) is 4.07. The fraction of sp³-hybridized carbons (Fsp3) is 0.438. The van der Waals surface area contributed by atoms with Crippen molar-refractivity contribution in [3.05, 3.63) is 48.1 Å². The zero-order chi connectivity index (χ0) is 16.1. The SMILES string of the molecule is Cc1cc(CC2COCCN(C(=O)c3cncnc3)C2)ncn1. The van der Waals surface area contributed by atoms with Gasteiger partial charge in [0, 0.05) is 42.8 Å². The molecule has 0 aliphatic carbocycles. The van der Waals surface area contributed by atoms with Gasteiger partial charge in [0.2, 0.25) is 0 Å². The van der Waals surface area contributed by atoms with Gasteiger partial charge in [0.05, 0.1) is 18.8 Å². The molecule has 1 amide bonds. The molecule has 0 aromatic carbocycles. The largest absolute Gasteiger partial charge is 0.379 e. The van der Waals surface area contributed by atoms with Crippen molar-refractivity contribution in [2.75, 3.05) is 26.3 Å². The van der Waals surface area contributed by atoms with Gasteiger partial charge in [-0.05, 0) is 19.4 Å². The van der Waals surface area contributed by atoms with E-state index in [-0.39, 0.29) is 11.8 Å². The van der Waals surface area contributed by atoms with Gasteiger partial charge >= 0.3 is 0 Å². The fourth-order valence-electron chi connectivity index (χ4n) is 2.70. The third-order valence-electron chi connectivity index (χ3n) is 3.79. The summed E-state index contributed by atoms with van der Waals surface area (Å²) in [6.45, 7) is 4.32. The smallest absolute Gasteiger partial charge is 0.257 e. The second kappa shape index (κ2) is 7.23. The van der Waals surface area contributed by atoms with Crippen LogP contribution in [0.3, 0.4) is 0 Å². The molecule has 7 heteroatoms. The molecule has 23 heavy (non-hydrogen) atoms. The first kappa shape index (κ1) is 15.5. The zero-order valence-electron chi connectivity index (χ0n) is 13.1. The minimum absolute atomic E-state index is 0.0556. The number of hydrogen-bond acceptors (Lipinski definition) is 6. The Hall–Kier alpha value is -2.41. The van der Waals surface area contributed by atoms with E-state index in [9.17, 15) is 4.79 Å². The first-order valence-electron chi connectivity index (χ1n) is 7.62. The quantitative estimate of drug-likeness (QED) is 0.837. The molecule has 2 aromatic rings. The Labute approximate surface area is 134 Å². The summed E-state index contributed by atoms with van der Waals surface area (Å²) in [4.78, 5) is 30.6. The standard InChI is InChI=1S/C16H19N5O2/c1-12-4-15(20-11-19-12)5-13-8-21(2-3-23-9-13)16(22)14-6-17-10-18-7-14/h4,6-7,10-11,13H,2-3,5,8-9H2,1H3.